The molecule has 1 aliphatic rings. The minimum absolute atomic E-state index is 0.344. The number of hydrogen-bond acceptors (Lipinski definition) is 3. The van der Waals surface area contributed by atoms with E-state index in [4.69, 9.17) is 9.47 Å². The molecule has 3 heteroatoms. The van der Waals surface area contributed by atoms with Crippen LogP contribution in [0.3, 0.4) is 0 Å². The lowest BCUT2D eigenvalue weighted by atomic mass is 9.85. The van der Waals surface area contributed by atoms with Gasteiger partial charge in [0.1, 0.15) is 0 Å². The number of rotatable bonds is 4. The fourth-order valence-corrected chi connectivity index (χ4v) is 2.38. The first-order valence-corrected chi connectivity index (χ1v) is 6.18. The maximum absolute atomic E-state index is 5.46. The lowest BCUT2D eigenvalue weighted by Gasteiger charge is -2.23. The molecule has 1 aromatic carbocycles. The van der Waals surface area contributed by atoms with Crippen LogP contribution in [0.15, 0.2) is 12.1 Å². The fraction of sp³-hybridized carbons (Fsp3) is 0.571. The molecular formula is C14H21NO2. The van der Waals surface area contributed by atoms with E-state index in [0.29, 0.717) is 18.6 Å². The molecule has 3 nitrogen and oxygen atoms in total. The highest BCUT2D eigenvalue weighted by molar-refractivity contribution is 5.49. The molecule has 0 spiro atoms. The lowest BCUT2D eigenvalue weighted by molar-refractivity contribution is 0.174. The van der Waals surface area contributed by atoms with E-state index >= 15 is 0 Å². The number of nitrogens with one attached hydrogen (secondary N) is 1. The van der Waals surface area contributed by atoms with Crippen molar-refractivity contribution in [1.82, 2.24) is 5.32 Å². The summed E-state index contributed by atoms with van der Waals surface area (Å²) in [4.78, 5) is 0. The Hall–Kier alpha value is -1.22. The maximum Gasteiger partial charge on any atom is 0.231 e. The van der Waals surface area contributed by atoms with Crippen LogP contribution in [0.25, 0.3) is 0 Å². The summed E-state index contributed by atoms with van der Waals surface area (Å²) in [6.45, 7) is 7.98. The molecule has 0 aromatic heterocycles. The largest absolute Gasteiger partial charge is 0.454 e. The van der Waals surface area contributed by atoms with Crippen LogP contribution in [0, 0.1) is 12.8 Å². The molecule has 0 radical (unpaired) electrons. The number of aryl methyl sites for hydroxylation is 1. The molecule has 0 saturated heterocycles. The summed E-state index contributed by atoms with van der Waals surface area (Å²) in [7, 11) is 2.00. The topological polar surface area (TPSA) is 30.5 Å². The van der Waals surface area contributed by atoms with Crippen molar-refractivity contribution in [1.29, 1.82) is 0 Å². The zero-order valence-electron chi connectivity index (χ0n) is 11.0. The van der Waals surface area contributed by atoms with Crippen LogP contribution in [0.2, 0.25) is 0 Å². The van der Waals surface area contributed by atoms with Gasteiger partial charge in [-0.05, 0) is 49.1 Å². The van der Waals surface area contributed by atoms with Gasteiger partial charge in [-0.2, -0.15) is 0 Å². The van der Waals surface area contributed by atoms with E-state index in [2.05, 4.69) is 38.2 Å². The van der Waals surface area contributed by atoms with Crippen molar-refractivity contribution in [2.24, 2.45) is 5.92 Å². The Balaban J connectivity index is 2.36. The van der Waals surface area contributed by atoms with Crippen molar-refractivity contribution in [2.45, 2.75) is 26.7 Å². The molecule has 0 saturated carbocycles. The number of ether oxygens (including phenoxy) is 2. The van der Waals surface area contributed by atoms with Crippen molar-refractivity contribution in [3.05, 3.63) is 23.3 Å². The normalized spacial score (nSPS) is 15.4. The van der Waals surface area contributed by atoms with Gasteiger partial charge in [0.15, 0.2) is 11.5 Å². The van der Waals surface area contributed by atoms with Crippen LogP contribution < -0.4 is 14.8 Å². The van der Waals surface area contributed by atoms with Crippen molar-refractivity contribution in [3.8, 4) is 11.5 Å². The van der Waals surface area contributed by atoms with Crippen LogP contribution in [0.1, 0.15) is 30.9 Å². The van der Waals surface area contributed by atoms with Gasteiger partial charge in [0.2, 0.25) is 6.79 Å². The lowest BCUT2D eigenvalue weighted by Crippen LogP contribution is -2.22. The molecule has 0 amide bonds. The van der Waals surface area contributed by atoms with Gasteiger partial charge in [-0.1, -0.05) is 13.8 Å². The van der Waals surface area contributed by atoms with E-state index in [0.717, 1.165) is 18.0 Å². The summed E-state index contributed by atoms with van der Waals surface area (Å²) in [5, 5.41) is 3.27. The first kappa shape index (κ1) is 12.2. The van der Waals surface area contributed by atoms with Crippen LogP contribution in [0.5, 0.6) is 11.5 Å². The van der Waals surface area contributed by atoms with Crippen molar-refractivity contribution >= 4 is 0 Å². The van der Waals surface area contributed by atoms with Gasteiger partial charge in [0.05, 0.1) is 0 Å². The van der Waals surface area contributed by atoms with E-state index in [1.165, 1.54) is 11.1 Å². The third-order valence-electron chi connectivity index (χ3n) is 3.39. The summed E-state index contributed by atoms with van der Waals surface area (Å²) in [5.74, 6) is 2.86. The smallest absolute Gasteiger partial charge is 0.231 e. The molecule has 17 heavy (non-hydrogen) atoms. The van der Waals surface area contributed by atoms with Gasteiger partial charge >= 0.3 is 0 Å². The molecule has 1 atom stereocenters. The van der Waals surface area contributed by atoms with E-state index in [1.807, 2.05) is 7.05 Å². The summed E-state index contributed by atoms with van der Waals surface area (Å²) >= 11 is 0. The Kier molecular flexibility index (Phi) is 3.57. The van der Waals surface area contributed by atoms with Crippen LogP contribution in [-0.4, -0.2) is 20.4 Å². The molecule has 0 fully saturated rings. The van der Waals surface area contributed by atoms with Crippen molar-refractivity contribution in [2.75, 3.05) is 20.4 Å². The van der Waals surface area contributed by atoms with E-state index < -0.39 is 0 Å². The first-order valence-electron chi connectivity index (χ1n) is 6.18. The molecular weight excluding hydrogens is 214 g/mol. The van der Waals surface area contributed by atoms with E-state index in [9.17, 15) is 0 Å². The molecule has 1 N–H and O–H groups in total. The minimum atomic E-state index is 0.344. The second-order valence-electron chi connectivity index (χ2n) is 4.97. The van der Waals surface area contributed by atoms with Gasteiger partial charge < -0.3 is 14.8 Å². The highest BCUT2D eigenvalue weighted by Gasteiger charge is 2.22. The monoisotopic (exact) mass is 235 g/mol. The van der Waals surface area contributed by atoms with Gasteiger partial charge in [0, 0.05) is 6.54 Å². The summed E-state index contributed by atoms with van der Waals surface area (Å²) in [6, 6.07) is 4.22. The third-order valence-corrected chi connectivity index (χ3v) is 3.39. The quantitative estimate of drug-likeness (QED) is 0.870. The molecule has 0 bridgehead atoms. The summed E-state index contributed by atoms with van der Waals surface area (Å²) in [5.41, 5.74) is 2.64. The third kappa shape index (κ3) is 2.39. The van der Waals surface area contributed by atoms with E-state index in [-0.39, 0.29) is 0 Å². The van der Waals surface area contributed by atoms with Crippen LogP contribution in [0.4, 0.5) is 0 Å². The number of benzene rings is 1. The Morgan fingerprint density at radius 1 is 1.24 bits per heavy atom. The second-order valence-corrected chi connectivity index (χ2v) is 4.97. The minimum Gasteiger partial charge on any atom is -0.454 e. The molecule has 94 valence electrons. The predicted octanol–water partition coefficient (Wildman–Crippen LogP) is 2.68. The van der Waals surface area contributed by atoms with Gasteiger partial charge in [-0.25, -0.2) is 0 Å². The Morgan fingerprint density at radius 2 is 1.88 bits per heavy atom. The number of hydrogen-bond donors (Lipinski definition) is 1. The SMILES string of the molecule is CNCC(c1cc2c(cc1C)OCO2)C(C)C. The Labute approximate surface area is 103 Å². The second kappa shape index (κ2) is 4.96. The van der Waals surface area contributed by atoms with E-state index in [1.54, 1.807) is 0 Å². The molecule has 2 rings (SSSR count). The molecule has 0 aliphatic carbocycles. The molecule has 1 aliphatic heterocycles. The van der Waals surface area contributed by atoms with Gasteiger partial charge in [-0.15, -0.1) is 0 Å². The van der Waals surface area contributed by atoms with Crippen molar-refractivity contribution < 1.29 is 9.47 Å². The predicted molar refractivity (Wildman–Crippen MR) is 68.8 cm³/mol. The number of likely N-dealkylation sites (N-methyl/N-ethyl adjacent to an activating group) is 1. The zero-order chi connectivity index (χ0) is 12.4. The Bertz CT molecular complexity index is 401. The highest BCUT2D eigenvalue weighted by Crippen LogP contribution is 2.38. The van der Waals surface area contributed by atoms with Gasteiger partial charge in [-0.3, -0.25) is 0 Å². The van der Waals surface area contributed by atoms with Crippen LogP contribution in [-0.2, 0) is 0 Å². The van der Waals surface area contributed by atoms with Gasteiger partial charge in [0.25, 0.3) is 0 Å². The van der Waals surface area contributed by atoms with Crippen molar-refractivity contribution in [3.63, 3.8) is 0 Å². The average Bonchev–Trinajstić information content (AvgIpc) is 2.71. The maximum atomic E-state index is 5.46. The molecule has 1 unspecified atom stereocenters. The fourth-order valence-electron chi connectivity index (χ4n) is 2.38. The highest BCUT2D eigenvalue weighted by atomic mass is 16.7. The molecule has 1 aromatic rings. The standard InChI is InChI=1S/C14H21NO2/c1-9(2)12(7-15-4)11-6-14-13(5-10(11)3)16-8-17-14/h5-6,9,12,15H,7-8H2,1-4H3. The average molecular weight is 235 g/mol. The summed E-state index contributed by atoms with van der Waals surface area (Å²) in [6.07, 6.45) is 0. The summed E-state index contributed by atoms with van der Waals surface area (Å²) < 4.78 is 10.9. The zero-order valence-corrected chi connectivity index (χ0v) is 11.0. The Morgan fingerprint density at radius 3 is 2.47 bits per heavy atom. The van der Waals surface area contributed by atoms with Crippen LogP contribution >= 0.6 is 0 Å². The molecule has 1 heterocycles. The first-order chi connectivity index (χ1) is 8.13. The number of fused-ring (bicyclic) bond motifs is 1.